The van der Waals surface area contributed by atoms with Crippen molar-refractivity contribution in [1.82, 2.24) is 0 Å². The van der Waals surface area contributed by atoms with Crippen molar-refractivity contribution in [1.29, 1.82) is 0 Å². The first-order valence-electron chi connectivity index (χ1n) is 5.35. The summed E-state index contributed by atoms with van der Waals surface area (Å²) in [6, 6.07) is 12.2. The van der Waals surface area contributed by atoms with Crippen molar-refractivity contribution in [2.45, 2.75) is 4.90 Å². The van der Waals surface area contributed by atoms with E-state index in [4.69, 9.17) is 17.3 Å². The third-order valence-electron chi connectivity index (χ3n) is 2.58. The highest BCUT2D eigenvalue weighted by molar-refractivity contribution is 7.98. The van der Waals surface area contributed by atoms with Crippen molar-refractivity contribution in [3.63, 3.8) is 0 Å². The molecule has 0 saturated carbocycles. The summed E-state index contributed by atoms with van der Waals surface area (Å²) in [6.07, 6.45) is 1.93. The van der Waals surface area contributed by atoms with Crippen LogP contribution in [0.15, 0.2) is 47.4 Å². The topological polar surface area (TPSA) is 43.1 Å². The van der Waals surface area contributed by atoms with Crippen LogP contribution in [-0.2, 0) is 0 Å². The zero-order valence-corrected chi connectivity index (χ0v) is 11.4. The molecule has 92 valence electrons. The Morgan fingerprint density at radius 2 is 1.83 bits per heavy atom. The zero-order valence-electron chi connectivity index (χ0n) is 9.81. The van der Waals surface area contributed by atoms with Crippen LogP contribution < -0.4 is 5.73 Å². The van der Waals surface area contributed by atoms with E-state index in [1.807, 2.05) is 12.3 Å². The lowest BCUT2D eigenvalue weighted by atomic mass is 10.0. The molecule has 0 aliphatic heterocycles. The van der Waals surface area contributed by atoms with Gasteiger partial charge in [0.2, 0.25) is 0 Å². The number of hydrogen-bond acceptors (Lipinski definition) is 3. The number of rotatable bonds is 3. The molecule has 0 heterocycles. The van der Waals surface area contributed by atoms with Crippen molar-refractivity contribution >= 4 is 34.8 Å². The number of carbonyl (C=O) groups excluding carboxylic acids is 1. The molecule has 2 N–H and O–H groups in total. The van der Waals surface area contributed by atoms with Gasteiger partial charge in [-0.25, -0.2) is 0 Å². The summed E-state index contributed by atoms with van der Waals surface area (Å²) in [5.41, 5.74) is 7.49. The summed E-state index contributed by atoms with van der Waals surface area (Å²) in [6.45, 7) is 0. The van der Waals surface area contributed by atoms with Crippen LogP contribution in [0, 0.1) is 0 Å². The molecule has 0 unspecified atom stereocenters. The lowest BCUT2D eigenvalue weighted by Crippen LogP contribution is -2.03. The van der Waals surface area contributed by atoms with E-state index < -0.39 is 0 Å². The molecule has 0 aliphatic carbocycles. The Balaban J connectivity index is 2.45. The quantitative estimate of drug-likeness (QED) is 0.526. The van der Waals surface area contributed by atoms with Gasteiger partial charge in [0.25, 0.3) is 0 Å². The first-order chi connectivity index (χ1) is 8.61. The molecule has 2 nitrogen and oxygen atoms in total. The van der Waals surface area contributed by atoms with Crippen molar-refractivity contribution in [2.75, 3.05) is 12.0 Å². The summed E-state index contributed by atoms with van der Waals surface area (Å²) in [4.78, 5) is 13.3. The number of halogens is 1. The molecule has 2 rings (SSSR count). The molecule has 0 fully saturated rings. The lowest BCUT2D eigenvalue weighted by Gasteiger charge is -2.07. The van der Waals surface area contributed by atoms with Gasteiger partial charge in [-0.3, -0.25) is 4.79 Å². The zero-order chi connectivity index (χ0) is 13.1. The lowest BCUT2D eigenvalue weighted by molar-refractivity contribution is 0.103. The van der Waals surface area contributed by atoms with Gasteiger partial charge in [0.15, 0.2) is 5.78 Å². The van der Waals surface area contributed by atoms with Crippen LogP contribution in [0.3, 0.4) is 0 Å². The van der Waals surface area contributed by atoms with Gasteiger partial charge < -0.3 is 5.73 Å². The third kappa shape index (κ3) is 2.68. The minimum Gasteiger partial charge on any atom is -0.399 e. The fourth-order valence-corrected chi connectivity index (χ4v) is 2.40. The molecule has 0 radical (unpaired) electrons. The molecule has 18 heavy (non-hydrogen) atoms. The average molecular weight is 278 g/mol. The highest BCUT2D eigenvalue weighted by Gasteiger charge is 2.13. The van der Waals surface area contributed by atoms with E-state index in [1.165, 1.54) is 11.8 Å². The number of nitrogens with two attached hydrogens (primary N) is 1. The smallest absolute Gasteiger partial charge is 0.194 e. The maximum Gasteiger partial charge on any atom is 0.194 e. The van der Waals surface area contributed by atoms with E-state index in [-0.39, 0.29) is 5.78 Å². The predicted molar refractivity (Wildman–Crippen MR) is 77.5 cm³/mol. The largest absolute Gasteiger partial charge is 0.399 e. The third-order valence-corrected chi connectivity index (χ3v) is 3.61. The van der Waals surface area contributed by atoms with E-state index >= 15 is 0 Å². The molecular formula is C14H12ClNOS. The van der Waals surface area contributed by atoms with E-state index in [2.05, 4.69) is 0 Å². The second-order valence-corrected chi connectivity index (χ2v) is 5.08. The molecule has 2 aromatic rings. The number of benzene rings is 2. The monoisotopic (exact) mass is 277 g/mol. The molecule has 0 amide bonds. The summed E-state index contributed by atoms with van der Waals surface area (Å²) in [5, 5.41) is 0.562. The number of hydrogen-bond donors (Lipinski definition) is 1. The fourth-order valence-electron chi connectivity index (χ4n) is 1.65. The number of carbonyl (C=O) groups is 1. The molecule has 0 bridgehead atoms. The summed E-state index contributed by atoms with van der Waals surface area (Å²) in [5.74, 6) is -0.0400. The molecule has 0 atom stereocenters. The van der Waals surface area contributed by atoms with Crippen molar-refractivity contribution in [3.05, 3.63) is 58.6 Å². The Morgan fingerprint density at radius 1 is 1.17 bits per heavy atom. The van der Waals surface area contributed by atoms with Crippen LogP contribution in [-0.4, -0.2) is 12.0 Å². The normalized spacial score (nSPS) is 10.3. The SMILES string of the molecule is CSc1ccc(Cl)cc1C(=O)c1ccc(N)cc1. The van der Waals surface area contributed by atoms with E-state index in [0.717, 1.165) is 4.90 Å². The molecule has 0 saturated heterocycles. The molecule has 4 heteroatoms. The molecule has 0 spiro atoms. The predicted octanol–water partition coefficient (Wildman–Crippen LogP) is 3.88. The first kappa shape index (κ1) is 13.0. The van der Waals surface area contributed by atoms with Crippen LogP contribution in [0.4, 0.5) is 5.69 Å². The second kappa shape index (κ2) is 5.46. The first-order valence-corrected chi connectivity index (χ1v) is 6.96. The molecular weight excluding hydrogens is 266 g/mol. The second-order valence-electron chi connectivity index (χ2n) is 3.80. The van der Waals surface area contributed by atoms with Crippen LogP contribution >= 0.6 is 23.4 Å². The van der Waals surface area contributed by atoms with E-state index in [1.54, 1.807) is 36.4 Å². The van der Waals surface area contributed by atoms with Gasteiger partial charge in [0.1, 0.15) is 0 Å². The number of anilines is 1. The van der Waals surface area contributed by atoms with Crippen LogP contribution in [0.5, 0.6) is 0 Å². The minimum absolute atomic E-state index is 0.0400. The van der Waals surface area contributed by atoms with Crippen LogP contribution in [0.1, 0.15) is 15.9 Å². The number of thioether (sulfide) groups is 1. The van der Waals surface area contributed by atoms with Gasteiger partial charge in [0.05, 0.1) is 0 Å². The van der Waals surface area contributed by atoms with Crippen LogP contribution in [0.25, 0.3) is 0 Å². The highest BCUT2D eigenvalue weighted by atomic mass is 35.5. The van der Waals surface area contributed by atoms with Gasteiger partial charge in [-0.15, -0.1) is 11.8 Å². The average Bonchev–Trinajstić information content (AvgIpc) is 2.39. The minimum atomic E-state index is -0.0400. The van der Waals surface area contributed by atoms with Gasteiger partial charge >= 0.3 is 0 Å². The molecule has 0 aliphatic rings. The molecule has 2 aromatic carbocycles. The van der Waals surface area contributed by atoms with Gasteiger partial charge in [-0.2, -0.15) is 0 Å². The van der Waals surface area contributed by atoms with Crippen molar-refractivity contribution in [3.8, 4) is 0 Å². The molecule has 0 aromatic heterocycles. The summed E-state index contributed by atoms with van der Waals surface area (Å²) >= 11 is 7.48. The van der Waals surface area contributed by atoms with E-state index in [9.17, 15) is 4.79 Å². The van der Waals surface area contributed by atoms with Gasteiger partial charge in [-0.05, 0) is 48.7 Å². The van der Waals surface area contributed by atoms with E-state index in [0.29, 0.717) is 21.8 Å². The Bertz CT molecular complexity index is 581. The Hall–Kier alpha value is -1.45. The Morgan fingerprint density at radius 3 is 2.44 bits per heavy atom. The standard InChI is InChI=1S/C14H12ClNOS/c1-18-13-7-4-10(15)8-12(13)14(17)9-2-5-11(16)6-3-9/h2-8H,16H2,1H3. The summed E-state index contributed by atoms with van der Waals surface area (Å²) in [7, 11) is 0. The van der Waals surface area contributed by atoms with Crippen molar-refractivity contribution in [2.24, 2.45) is 0 Å². The van der Waals surface area contributed by atoms with Gasteiger partial charge in [-0.1, -0.05) is 11.6 Å². The maximum absolute atomic E-state index is 12.4. The fraction of sp³-hybridized carbons (Fsp3) is 0.0714. The Labute approximate surface area is 115 Å². The number of nitrogen functional groups attached to an aromatic ring is 1. The maximum atomic E-state index is 12.4. The Kier molecular flexibility index (Phi) is 3.94. The van der Waals surface area contributed by atoms with Gasteiger partial charge in [0, 0.05) is 26.7 Å². The summed E-state index contributed by atoms with van der Waals surface area (Å²) < 4.78 is 0. The van der Waals surface area contributed by atoms with Crippen LogP contribution in [0.2, 0.25) is 5.02 Å². The number of ketones is 1. The highest BCUT2D eigenvalue weighted by Crippen LogP contribution is 2.26. The van der Waals surface area contributed by atoms with Crippen molar-refractivity contribution < 1.29 is 4.79 Å².